The van der Waals surface area contributed by atoms with E-state index in [4.69, 9.17) is 11.6 Å². The van der Waals surface area contributed by atoms with Crippen LogP contribution in [-0.2, 0) is 10.2 Å². The van der Waals surface area contributed by atoms with Crippen LogP contribution in [0.5, 0.6) is 0 Å². The average molecular weight is 284 g/mol. The molecule has 0 N–H and O–H groups in total. The summed E-state index contributed by atoms with van der Waals surface area (Å²) in [6.07, 6.45) is 1.58. The van der Waals surface area contributed by atoms with E-state index in [1.165, 1.54) is 4.31 Å². The lowest BCUT2D eigenvalue weighted by Gasteiger charge is -2.25. The standard InChI is InChI=1S/C10H22ClN3O2S/c1-12(2)10-5-8-14(9-10)17(15,16)13(3)7-4-6-11/h10H,4-9H2,1-3H3. The van der Waals surface area contributed by atoms with Gasteiger partial charge in [0.05, 0.1) is 0 Å². The van der Waals surface area contributed by atoms with Crippen molar-refractivity contribution in [2.24, 2.45) is 0 Å². The van der Waals surface area contributed by atoms with Crippen LogP contribution < -0.4 is 0 Å². The van der Waals surface area contributed by atoms with Gasteiger partial charge in [0.25, 0.3) is 10.2 Å². The molecular weight excluding hydrogens is 262 g/mol. The minimum atomic E-state index is -3.30. The van der Waals surface area contributed by atoms with Crippen LogP contribution in [0.15, 0.2) is 0 Å². The van der Waals surface area contributed by atoms with Crippen LogP contribution in [-0.4, -0.2) is 74.6 Å². The van der Waals surface area contributed by atoms with Gasteiger partial charge in [0.2, 0.25) is 0 Å². The third-order valence-corrected chi connectivity index (χ3v) is 5.40. The topological polar surface area (TPSA) is 43.9 Å². The monoisotopic (exact) mass is 283 g/mol. The molecule has 1 aliphatic heterocycles. The molecule has 0 aliphatic carbocycles. The maximum absolute atomic E-state index is 12.2. The van der Waals surface area contributed by atoms with Crippen molar-refractivity contribution in [1.29, 1.82) is 0 Å². The number of rotatable bonds is 6. The highest BCUT2D eigenvalue weighted by atomic mass is 35.5. The number of halogens is 1. The maximum Gasteiger partial charge on any atom is 0.281 e. The summed E-state index contributed by atoms with van der Waals surface area (Å²) in [5.41, 5.74) is 0. The zero-order chi connectivity index (χ0) is 13.1. The molecule has 0 bridgehead atoms. The third kappa shape index (κ3) is 3.79. The first-order valence-electron chi connectivity index (χ1n) is 5.83. The molecule has 0 aromatic rings. The Bertz CT molecular complexity index is 334. The molecule has 0 aromatic carbocycles. The first-order valence-corrected chi connectivity index (χ1v) is 7.76. The minimum absolute atomic E-state index is 0.325. The van der Waals surface area contributed by atoms with Gasteiger partial charge in [0.1, 0.15) is 0 Å². The Morgan fingerprint density at radius 2 is 2.00 bits per heavy atom. The van der Waals surface area contributed by atoms with E-state index in [2.05, 4.69) is 4.90 Å². The van der Waals surface area contributed by atoms with Crippen LogP contribution in [0.25, 0.3) is 0 Å². The normalized spacial score (nSPS) is 22.8. The van der Waals surface area contributed by atoms with E-state index in [0.717, 1.165) is 6.42 Å². The van der Waals surface area contributed by atoms with Crippen molar-refractivity contribution in [3.8, 4) is 0 Å². The Balaban J connectivity index is 2.60. The van der Waals surface area contributed by atoms with Gasteiger partial charge in [0.15, 0.2) is 0 Å². The first-order chi connectivity index (χ1) is 7.89. The van der Waals surface area contributed by atoms with E-state index in [0.29, 0.717) is 38.0 Å². The highest BCUT2D eigenvalue weighted by Gasteiger charge is 2.34. The molecule has 102 valence electrons. The molecule has 1 fully saturated rings. The summed E-state index contributed by atoms with van der Waals surface area (Å²) in [5, 5.41) is 0. The predicted molar refractivity (Wildman–Crippen MR) is 70.6 cm³/mol. The van der Waals surface area contributed by atoms with Crippen LogP contribution in [0.3, 0.4) is 0 Å². The van der Waals surface area contributed by atoms with Crippen LogP contribution in [0.1, 0.15) is 12.8 Å². The zero-order valence-electron chi connectivity index (χ0n) is 10.8. The van der Waals surface area contributed by atoms with Gasteiger partial charge in [-0.2, -0.15) is 17.0 Å². The van der Waals surface area contributed by atoms with Crippen LogP contribution in [0, 0.1) is 0 Å². The molecule has 0 aromatic heterocycles. The summed E-state index contributed by atoms with van der Waals surface area (Å²) in [4.78, 5) is 2.08. The second-order valence-electron chi connectivity index (χ2n) is 4.64. The third-order valence-electron chi connectivity index (χ3n) is 3.18. The molecule has 0 amide bonds. The minimum Gasteiger partial charge on any atom is -0.305 e. The van der Waals surface area contributed by atoms with Gasteiger partial charge in [0, 0.05) is 38.6 Å². The number of nitrogens with zero attached hydrogens (tertiary/aromatic N) is 3. The van der Waals surface area contributed by atoms with Crippen molar-refractivity contribution >= 4 is 21.8 Å². The SMILES string of the molecule is CN(C)C1CCN(S(=O)(=O)N(C)CCCCl)C1. The van der Waals surface area contributed by atoms with Gasteiger partial charge in [-0.25, -0.2) is 0 Å². The van der Waals surface area contributed by atoms with Crippen molar-refractivity contribution in [3.63, 3.8) is 0 Å². The Morgan fingerprint density at radius 1 is 1.35 bits per heavy atom. The molecule has 1 rings (SSSR count). The average Bonchev–Trinajstić information content (AvgIpc) is 2.75. The van der Waals surface area contributed by atoms with Gasteiger partial charge >= 0.3 is 0 Å². The summed E-state index contributed by atoms with van der Waals surface area (Å²) in [5.74, 6) is 0.486. The largest absolute Gasteiger partial charge is 0.305 e. The van der Waals surface area contributed by atoms with Crippen LogP contribution >= 0.6 is 11.6 Å². The molecule has 0 saturated carbocycles. The molecule has 0 radical (unpaired) electrons. The van der Waals surface area contributed by atoms with Crippen molar-refractivity contribution < 1.29 is 8.42 Å². The molecule has 1 atom stereocenters. The van der Waals surface area contributed by atoms with Gasteiger partial charge in [-0.3, -0.25) is 0 Å². The Hall–Kier alpha value is 0.120. The van der Waals surface area contributed by atoms with Crippen molar-refractivity contribution in [2.75, 3.05) is 46.7 Å². The Kier molecular flexibility index (Phi) is 5.66. The molecule has 17 heavy (non-hydrogen) atoms. The number of likely N-dealkylation sites (N-methyl/N-ethyl adjacent to an activating group) is 1. The van der Waals surface area contributed by atoms with E-state index < -0.39 is 10.2 Å². The smallest absolute Gasteiger partial charge is 0.281 e. The highest BCUT2D eigenvalue weighted by molar-refractivity contribution is 7.86. The highest BCUT2D eigenvalue weighted by Crippen LogP contribution is 2.18. The lowest BCUT2D eigenvalue weighted by atomic mass is 10.2. The van der Waals surface area contributed by atoms with E-state index in [1.54, 1.807) is 11.4 Å². The second-order valence-corrected chi connectivity index (χ2v) is 7.05. The lowest BCUT2D eigenvalue weighted by Crippen LogP contribution is -2.42. The Morgan fingerprint density at radius 3 is 2.47 bits per heavy atom. The summed E-state index contributed by atoms with van der Waals surface area (Å²) >= 11 is 5.58. The summed E-state index contributed by atoms with van der Waals surface area (Å²) in [6.45, 7) is 1.67. The fourth-order valence-corrected chi connectivity index (χ4v) is 3.51. The molecule has 7 heteroatoms. The van der Waals surface area contributed by atoms with E-state index in [1.807, 2.05) is 14.1 Å². The van der Waals surface area contributed by atoms with E-state index in [-0.39, 0.29) is 0 Å². The van der Waals surface area contributed by atoms with Crippen LogP contribution in [0.2, 0.25) is 0 Å². The summed E-state index contributed by atoms with van der Waals surface area (Å²) < 4.78 is 27.4. The molecule has 1 saturated heterocycles. The first kappa shape index (κ1) is 15.2. The Labute approximate surface area is 109 Å². The van der Waals surface area contributed by atoms with E-state index >= 15 is 0 Å². The summed E-state index contributed by atoms with van der Waals surface area (Å²) in [6, 6.07) is 0.325. The van der Waals surface area contributed by atoms with Gasteiger partial charge in [-0.1, -0.05) is 0 Å². The van der Waals surface area contributed by atoms with Crippen LogP contribution in [0.4, 0.5) is 0 Å². The van der Waals surface area contributed by atoms with Gasteiger partial charge < -0.3 is 4.90 Å². The molecule has 1 heterocycles. The zero-order valence-corrected chi connectivity index (χ0v) is 12.3. The number of hydrogen-bond donors (Lipinski definition) is 0. The van der Waals surface area contributed by atoms with E-state index in [9.17, 15) is 8.42 Å². The quantitative estimate of drug-likeness (QED) is 0.664. The van der Waals surface area contributed by atoms with Crippen molar-refractivity contribution in [1.82, 2.24) is 13.5 Å². The molecule has 1 unspecified atom stereocenters. The molecule has 5 nitrogen and oxygen atoms in total. The van der Waals surface area contributed by atoms with Crippen molar-refractivity contribution in [2.45, 2.75) is 18.9 Å². The lowest BCUT2D eigenvalue weighted by molar-refractivity contribution is 0.298. The van der Waals surface area contributed by atoms with Crippen molar-refractivity contribution in [3.05, 3.63) is 0 Å². The fraction of sp³-hybridized carbons (Fsp3) is 1.00. The molecule has 0 spiro atoms. The van der Waals surface area contributed by atoms with Gasteiger partial charge in [-0.15, -0.1) is 11.6 Å². The maximum atomic E-state index is 12.2. The van der Waals surface area contributed by atoms with Gasteiger partial charge in [-0.05, 0) is 26.9 Å². The molecular formula is C10H22ClN3O2S. The molecule has 1 aliphatic rings. The predicted octanol–water partition coefficient (Wildman–Crippen LogP) is 0.428. The number of alkyl halides is 1. The second kappa shape index (κ2) is 6.33. The number of hydrogen-bond acceptors (Lipinski definition) is 3. The summed E-state index contributed by atoms with van der Waals surface area (Å²) in [7, 11) is 2.29. The fourth-order valence-electron chi connectivity index (χ4n) is 1.94.